The molecule has 4 amide bonds. The van der Waals surface area contributed by atoms with Gasteiger partial charge < -0.3 is 49.1 Å². The summed E-state index contributed by atoms with van der Waals surface area (Å²) in [6, 6.07) is -5.31. The predicted molar refractivity (Wildman–Crippen MR) is 131 cm³/mol. The Morgan fingerprint density at radius 2 is 1.35 bits per heavy atom. The van der Waals surface area contributed by atoms with Crippen LogP contribution in [0.15, 0.2) is 4.99 Å². The molecule has 16 nitrogen and oxygen atoms in total. The molecule has 0 radical (unpaired) electrons. The number of primary amides is 1. The largest absolute Gasteiger partial charge is 0.481 e. The highest BCUT2D eigenvalue weighted by atomic mass is 16.4. The second kappa shape index (κ2) is 16.7. The average molecular weight is 531 g/mol. The molecule has 0 aromatic rings. The van der Waals surface area contributed by atoms with Crippen LogP contribution in [0, 0.1) is 5.92 Å². The average Bonchev–Trinajstić information content (AvgIpc) is 2.77. The van der Waals surface area contributed by atoms with Crippen LogP contribution in [0.5, 0.6) is 0 Å². The van der Waals surface area contributed by atoms with Gasteiger partial charge in [0.25, 0.3) is 0 Å². The molecule has 0 saturated heterocycles. The van der Waals surface area contributed by atoms with Crippen molar-refractivity contribution in [1.29, 1.82) is 0 Å². The number of carbonyl (C=O) groups is 6. The molecule has 16 heteroatoms. The summed E-state index contributed by atoms with van der Waals surface area (Å²) in [5.74, 6) is -6.33. The molecule has 0 aliphatic rings. The van der Waals surface area contributed by atoms with E-state index in [0.717, 1.165) is 0 Å². The first-order chi connectivity index (χ1) is 17.1. The number of hydrogen-bond acceptors (Lipinski definition) is 8. The molecule has 0 aromatic heterocycles. The van der Waals surface area contributed by atoms with Crippen LogP contribution in [0.2, 0.25) is 0 Å². The van der Waals surface area contributed by atoms with Crippen molar-refractivity contribution < 1.29 is 39.0 Å². The van der Waals surface area contributed by atoms with Crippen LogP contribution in [-0.4, -0.2) is 82.5 Å². The monoisotopic (exact) mass is 530 g/mol. The van der Waals surface area contributed by atoms with Gasteiger partial charge in [-0.25, -0.2) is 4.79 Å². The first-order valence-corrected chi connectivity index (χ1v) is 11.6. The Bertz CT molecular complexity index is 859. The van der Waals surface area contributed by atoms with E-state index in [-0.39, 0.29) is 50.5 Å². The van der Waals surface area contributed by atoms with Gasteiger partial charge in [-0.05, 0) is 31.6 Å². The molecule has 4 atom stereocenters. The molecule has 4 unspecified atom stereocenters. The van der Waals surface area contributed by atoms with Gasteiger partial charge in [0.1, 0.15) is 18.1 Å². The van der Waals surface area contributed by atoms with Crippen molar-refractivity contribution in [2.24, 2.45) is 33.8 Å². The highest BCUT2D eigenvalue weighted by Gasteiger charge is 2.31. The second-order valence-electron chi connectivity index (χ2n) is 8.81. The molecule has 0 fully saturated rings. The molecule has 0 aliphatic carbocycles. The molecule has 0 saturated carbocycles. The van der Waals surface area contributed by atoms with Crippen LogP contribution in [0.3, 0.4) is 0 Å². The lowest BCUT2D eigenvalue weighted by molar-refractivity contribution is -0.143. The summed E-state index contributed by atoms with van der Waals surface area (Å²) in [7, 11) is 0. The van der Waals surface area contributed by atoms with E-state index in [0.29, 0.717) is 0 Å². The van der Waals surface area contributed by atoms with Crippen LogP contribution in [0.25, 0.3) is 0 Å². The molecule has 0 rings (SSSR count). The van der Waals surface area contributed by atoms with E-state index < -0.39 is 66.2 Å². The summed E-state index contributed by atoms with van der Waals surface area (Å²) in [4.78, 5) is 75.7. The van der Waals surface area contributed by atoms with Gasteiger partial charge in [0.05, 0.1) is 12.5 Å². The van der Waals surface area contributed by atoms with E-state index in [2.05, 4.69) is 20.9 Å². The van der Waals surface area contributed by atoms with Gasteiger partial charge in [-0.15, -0.1) is 0 Å². The Kier molecular flexibility index (Phi) is 14.9. The van der Waals surface area contributed by atoms with Gasteiger partial charge in [0, 0.05) is 13.0 Å². The van der Waals surface area contributed by atoms with Crippen molar-refractivity contribution in [2.45, 2.75) is 76.5 Å². The number of amides is 4. The SMILES string of the molecule is CC(C)CC(NC(=O)C(CC(N)=O)NC(=O)C(CCCN=C(N)N)NC(=O)C(N)CCC(=O)O)C(=O)O. The minimum atomic E-state index is -1.53. The minimum Gasteiger partial charge on any atom is -0.481 e. The van der Waals surface area contributed by atoms with Crippen molar-refractivity contribution in [2.75, 3.05) is 6.54 Å². The van der Waals surface area contributed by atoms with Gasteiger partial charge >= 0.3 is 11.9 Å². The van der Waals surface area contributed by atoms with E-state index in [1.54, 1.807) is 13.8 Å². The molecule has 0 aromatic carbocycles. The number of guanidine groups is 1. The summed E-state index contributed by atoms with van der Waals surface area (Å²) in [5, 5.41) is 25.1. The number of nitrogens with zero attached hydrogens (tertiary/aromatic N) is 1. The molecule has 0 spiro atoms. The van der Waals surface area contributed by atoms with Gasteiger partial charge in [0.15, 0.2) is 5.96 Å². The summed E-state index contributed by atoms with van der Waals surface area (Å²) in [5.41, 5.74) is 21.4. The second-order valence-corrected chi connectivity index (χ2v) is 8.81. The molecule has 37 heavy (non-hydrogen) atoms. The van der Waals surface area contributed by atoms with E-state index >= 15 is 0 Å². The highest BCUT2D eigenvalue weighted by molar-refractivity contribution is 5.96. The lowest BCUT2D eigenvalue weighted by Gasteiger charge is -2.25. The standard InChI is InChI=1S/C21H38N8O8/c1-10(2)8-14(20(36)37)29-19(35)13(9-15(23)30)28-18(34)12(4-3-7-26-21(24)25)27-17(33)11(22)5-6-16(31)32/h10-14H,3-9,22H2,1-2H3,(H2,23,30)(H,27,33)(H,28,34)(H,29,35)(H,31,32)(H,36,37)(H4,24,25,26). The maximum absolute atomic E-state index is 13.0. The van der Waals surface area contributed by atoms with Crippen LogP contribution in [-0.2, 0) is 28.8 Å². The number of aliphatic imine (C=N–C) groups is 1. The lowest BCUT2D eigenvalue weighted by Crippen LogP contribution is -2.57. The van der Waals surface area contributed by atoms with Crippen LogP contribution in [0.1, 0.15) is 52.4 Å². The van der Waals surface area contributed by atoms with Crippen molar-refractivity contribution in [1.82, 2.24) is 16.0 Å². The van der Waals surface area contributed by atoms with Gasteiger partial charge in [0.2, 0.25) is 23.6 Å². The Hall–Kier alpha value is -3.95. The summed E-state index contributed by atoms with van der Waals surface area (Å²) < 4.78 is 0. The summed E-state index contributed by atoms with van der Waals surface area (Å²) in [6.45, 7) is 3.61. The van der Waals surface area contributed by atoms with Gasteiger partial charge in [-0.3, -0.25) is 29.0 Å². The van der Waals surface area contributed by atoms with Crippen molar-refractivity contribution in [3.63, 3.8) is 0 Å². The zero-order valence-corrected chi connectivity index (χ0v) is 20.9. The van der Waals surface area contributed by atoms with Crippen LogP contribution < -0.4 is 38.9 Å². The number of aliphatic carboxylic acids is 2. The van der Waals surface area contributed by atoms with Crippen molar-refractivity contribution in [3.8, 4) is 0 Å². The third-order valence-corrected chi connectivity index (χ3v) is 4.94. The fourth-order valence-electron chi connectivity index (χ4n) is 3.11. The molecule has 0 heterocycles. The maximum Gasteiger partial charge on any atom is 0.326 e. The minimum absolute atomic E-state index is 0.0178. The number of nitrogens with two attached hydrogens (primary N) is 4. The Morgan fingerprint density at radius 1 is 0.811 bits per heavy atom. The number of hydrogen-bond donors (Lipinski definition) is 9. The van der Waals surface area contributed by atoms with Crippen molar-refractivity contribution in [3.05, 3.63) is 0 Å². The molecular weight excluding hydrogens is 492 g/mol. The third-order valence-electron chi connectivity index (χ3n) is 4.94. The Labute approximate surface area is 214 Å². The van der Waals surface area contributed by atoms with E-state index in [1.165, 1.54) is 0 Å². The molecular formula is C21H38N8O8. The Balaban J connectivity index is 5.64. The molecule has 0 aliphatic heterocycles. The number of nitrogens with one attached hydrogen (secondary N) is 3. The number of carbonyl (C=O) groups excluding carboxylic acids is 4. The smallest absolute Gasteiger partial charge is 0.326 e. The fraction of sp³-hybridized carbons (Fsp3) is 0.667. The van der Waals surface area contributed by atoms with E-state index in [4.69, 9.17) is 28.0 Å². The normalized spacial score (nSPS) is 13.9. The third kappa shape index (κ3) is 14.9. The van der Waals surface area contributed by atoms with E-state index in [1.807, 2.05) is 0 Å². The van der Waals surface area contributed by atoms with Gasteiger partial charge in [-0.2, -0.15) is 0 Å². The first-order valence-electron chi connectivity index (χ1n) is 11.6. The number of carboxylic acid groups (broad SMARTS) is 2. The summed E-state index contributed by atoms with van der Waals surface area (Å²) in [6.07, 6.45) is -0.923. The molecule has 0 bridgehead atoms. The topological polar surface area (TPSA) is 295 Å². The predicted octanol–water partition coefficient (Wildman–Crippen LogP) is -3.31. The Morgan fingerprint density at radius 3 is 1.84 bits per heavy atom. The molecule has 210 valence electrons. The van der Waals surface area contributed by atoms with Crippen LogP contribution in [0.4, 0.5) is 0 Å². The number of rotatable bonds is 18. The van der Waals surface area contributed by atoms with Crippen molar-refractivity contribution >= 4 is 41.5 Å². The van der Waals surface area contributed by atoms with E-state index in [9.17, 15) is 33.9 Å². The highest BCUT2D eigenvalue weighted by Crippen LogP contribution is 2.07. The van der Waals surface area contributed by atoms with Gasteiger partial charge in [-0.1, -0.05) is 13.8 Å². The molecule has 13 N–H and O–H groups in total. The van der Waals surface area contributed by atoms with Crippen LogP contribution >= 0.6 is 0 Å². The fourth-order valence-corrected chi connectivity index (χ4v) is 3.11. The lowest BCUT2D eigenvalue weighted by atomic mass is 10.0. The quantitative estimate of drug-likeness (QED) is 0.0480. The maximum atomic E-state index is 13.0. The first kappa shape index (κ1) is 33.0. The zero-order valence-electron chi connectivity index (χ0n) is 20.9. The zero-order chi connectivity index (χ0) is 28.7. The summed E-state index contributed by atoms with van der Waals surface area (Å²) >= 11 is 0. The number of carboxylic acids is 2.